The van der Waals surface area contributed by atoms with Crippen LogP contribution in [-0.4, -0.2) is 85.7 Å². The minimum atomic E-state index is -3.72. The van der Waals surface area contributed by atoms with E-state index in [1.165, 1.54) is 17.4 Å². The fraction of sp³-hybridized carbons (Fsp3) is 0.478. The summed E-state index contributed by atoms with van der Waals surface area (Å²) in [6.45, 7) is 9.94. The minimum absolute atomic E-state index is 0.0240. The highest BCUT2D eigenvalue weighted by atomic mass is 32.2. The lowest BCUT2D eigenvalue weighted by atomic mass is 9.85. The van der Waals surface area contributed by atoms with Crippen molar-refractivity contribution in [2.45, 2.75) is 109 Å². The van der Waals surface area contributed by atoms with Gasteiger partial charge in [0.2, 0.25) is 39.6 Å². The highest BCUT2D eigenvalue weighted by Gasteiger charge is 2.33. The lowest BCUT2D eigenvalue weighted by Gasteiger charge is -2.36. The highest BCUT2D eigenvalue weighted by molar-refractivity contribution is 7.92. The topological polar surface area (TPSA) is 203 Å². The molecule has 2 aliphatic heterocycles. The van der Waals surface area contributed by atoms with Crippen LogP contribution >= 0.6 is 11.3 Å². The van der Waals surface area contributed by atoms with E-state index in [4.69, 9.17) is 14.7 Å². The van der Waals surface area contributed by atoms with Gasteiger partial charge in [-0.05, 0) is 81.0 Å². The molecule has 8 rings (SSSR count). The van der Waals surface area contributed by atoms with Gasteiger partial charge in [0.1, 0.15) is 6.10 Å². The molecule has 4 aromatic heterocycles. The van der Waals surface area contributed by atoms with E-state index in [2.05, 4.69) is 30.4 Å². The molecule has 344 valence electrons. The van der Waals surface area contributed by atoms with Crippen molar-refractivity contribution in [2.75, 3.05) is 28.9 Å². The summed E-state index contributed by atoms with van der Waals surface area (Å²) in [5, 5.41) is 11.0. The molecule has 3 fully saturated rings. The molecule has 1 saturated carbocycles. The van der Waals surface area contributed by atoms with Crippen LogP contribution in [0.2, 0.25) is 0 Å². The summed E-state index contributed by atoms with van der Waals surface area (Å²) < 4.78 is 51.6. The molecular weight excluding hydrogens is 872 g/mol. The number of amides is 3. The lowest BCUT2D eigenvalue weighted by Crippen LogP contribution is -2.43. The van der Waals surface area contributed by atoms with Gasteiger partial charge < -0.3 is 15.0 Å². The predicted molar refractivity (Wildman–Crippen MR) is 245 cm³/mol. The number of halogens is 1. The van der Waals surface area contributed by atoms with Gasteiger partial charge in [-0.2, -0.15) is 5.10 Å². The van der Waals surface area contributed by atoms with Crippen LogP contribution in [-0.2, 0) is 36.4 Å². The van der Waals surface area contributed by atoms with Crippen LogP contribution in [0.15, 0.2) is 61.2 Å². The van der Waals surface area contributed by atoms with Gasteiger partial charge in [-0.25, -0.2) is 32.7 Å². The number of thiazole rings is 1. The number of piperidine rings is 2. The number of aromatic nitrogens is 6. The number of anilines is 3. The van der Waals surface area contributed by atoms with Gasteiger partial charge in [-0.15, -0.1) is 11.3 Å². The molecule has 19 heteroatoms. The van der Waals surface area contributed by atoms with E-state index in [1.807, 2.05) is 42.6 Å². The van der Waals surface area contributed by atoms with Crippen LogP contribution in [0.4, 0.5) is 21.7 Å². The van der Waals surface area contributed by atoms with Crippen molar-refractivity contribution in [2.24, 2.45) is 11.8 Å². The Morgan fingerprint density at radius 2 is 1.77 bits per heavy atom. The molecule has 2 saturated heterocycles. The summed E-state index contributed by atoms with van der Waals surface area (Å²) >= 11 is 1.40. The summed E-state index contributed by atoms with van der Waals surface area (Å²) in [6, 6.07) is 9.95. The number of likely N-dealkylation sites (tertiary alicyclic amines) is 1. The van der Waals surface area contributed by atoms with E-state index >= 15 is 4.39 Å². The van der Waals surface area contributed by atoms with Gasteiger partial charge >= 0.3 is 0 Å². The number of carbonyl (C=O) groups is 3. The summed E-state index contributed by atoms with van der Waals surface area (Å²) in [4.78, 5) is 58.5. The third-order valence-electron chi connectivity index (χ3n) is 12.1. The van der Waals surface area contributed by atoms with Gasteiger partial charge in [-0.3, -0.25) is 29.1 Å². The molecule has 1 aliphatic carbocycles. The molecule has 0 spiro atoms. The van der Waals surface area contributed by atoms with Gasteiger partial charge in [0.15, 0.2) is 5.82 Å². The maximum Gasteiger partial charge on any atom is 0.234 e. The molecule has 3 N–H and O–H groups in total. The van der Waals surface area contributed by atoms with E-state index < -0.39 is 15.8 Å². The van der Waals surface area contributed by atoms with Gasteiger partial charge in [0.05, 0.1) is 50.5 Å². The number of ether oxygens (including phenoxy) is 1. The number of pyridine rings is 1. The number of carbonyl (C=O) groups excluding carboxylic acids is 3. The third kappa shape index (κ3) is 11.0. The van der Waals surface area contributed by atoms with E-state index in [9.17, 15) is 22.8 Å². The number of sulfonamides is 1. The number of nitrogens with one attached hydrogen (secondary N) is 3. The molecule has 0 unspecified atom stereocenters. The van der Waals surface area contributed by atoms with Crippen molar-refractivity contribution in [3.8, 4) is 27.7 Å². The fourth-order valence-corrected chi connectivity index (χ4v) is 10.9. The van der Waals surface area contributed by atoms with Crippen molar-refractivity contribution >= 4 is 56.4 Å². The molecule has 5 aromatic rings. The normalized spacial score (nSPS) is 19.8. The Hall–Kier alpha value is -5.82. The van der Waals surface area contributed by atoms with Gasteiger partial charge in [0, 0.05) is 67.6 Å². The van der Waals surface area contributed by atoms with E-state index in [0.29, 0.717) is 78.6 Å². The smallest absolute Gasteiger partial charge is 0.234 e. The van der Waals surface area contributed by atoms with Gasteiger partial charge in [0.25, 0.3) is 0 Å². The largest absolute Gasteiger partial charge is 0.474 e. The van der Waals surface area contributed by atoms with Crippen LogP contribution in [0.3, 0.4) is 0 Å². The lowest BCUT2D eigenvalue weighted by molar-refractivity contribution is -0.138. The fourth-order valence-electron chi connectivity index (χ4n) is 8.62. The van der Waals surface area contributed by atoms with Crippen LogP contribution in [0.5, 0.6) is 5.88 Å². The standard InChI is InChI=1S/C46H55FN10O6S2/c1-5-23-65(61,62)55-35-8-6-7-34(39(35)47)40-41(64-44(54-40)46(2,3)4)36-17-20-48-45(52-36)51-31-25-50-57(27-31)26-28-18-21-56(22-19-28)43(60)29-9-12-32(13-10-29)63-38-16-11-30(24-49-38)33-14-15-37(58)53-42(33)59/h6-8,11,16-17,20,24-25,27-29,32-33,55H,5,9-10,12-15,18-19,21-23,26H2,1-4H3,(H,48,51,52)(H,53,58,59)/t29?,32?,33-/m0/s1. The molecule has 1 atom stereocenters. The first-order chi connectivity index (χ1) is 31.1. The van der Waals surface area contributed by atoms with Crippen LogP contribution in [0.25, 0.3) is 21.8 Å². The second-order valence-electron chi connectivity index (χ2n) is 18.2. The van der Waals surface area contributed by atoms with Crippen molar-refractivity contribution in [1.29, 1.82) is 0 Å². The second-order valence-corrected chi connectivity index (χ2v) is 21.0. The number of hydrogen-bond donors (Lipinski definition) is 3. The van der Waals surface area contributed by atoms with Crippen molar-refractivity contribution in [3.05, 3.63) is 77.6 Å². The second kappa shape index (κ2) is 19.3. The number of nitrogens with zero attached hydrogens (tertiary/aromatic N) is 7. The van der Waals surface area contributed by atoms with E-state index in [1.54, 1.807) is 49.8 Å². The Bertz CT molecular complexity index is 2630. The first-order valence-electron chi connectivity index (χ1n) is 22.3. The summed E-state index contributed by atoms with van der Waals surface area (Å²) in [7, 11) is -3.72. The van der Waals surface area contributed by atoms with Crippen molar-refractivity contribution in [3.63, 3.8) is 0 Å². The summed E-state index contributed by atoms with van der Waals surface area (Å²) in [5.41, 5.74) is 2.04. The molecular formula is C46H55FN10O6S2. The number of hydrogen-bond acceptors (Lipinski definition) is 13. The monoisotopic (exact) mass is 926 g/mol. The van der Waals surface area contributed by atoms with Crippen LogP contribution in [0.1, 0.15) is 102 Å². The SMILES string of the molecule is CCCS(=O)(=O)Nc1cccc(-c2nc(C(C)(C)C)sc2-c2ccnc(Nc3cnn(CC4CCN(C(=O)C5CCC(Oc6ccc([C@@H]7CCC(=O)NC7=O)cn6)CC5)CC4)c3)n2)c1F. The number of imide groups is 1. The minimum Gasteiger partial charge on any atom is -0.474 e. The number of rotatable bonds is 14. The molecule has 1 aromatic carbocycles. The molecule has 65 heavy (non-hydrogen) atoms. The summed E-state index contributed by atoms with van der Waals surface area (Å²) in [6.07, 6.45) is 12.8. The first kappa shape index (κ1) is 45.7. The van der Waals surface area contributed by atoms with Crippen LogP contribution < -0.4 is 20.1 Å². The maximum atomic E-state index is 16.1. The highest BCUT2D eigenvalue weighted by Crippen LogP contribution is 2.42. The number of benzene rings is 1. The quantitative estimate of drug-likeness (QED) is 0.0923. The molecule has 3 amide bonds. The van der Waals surface area contributed by atoms with Crippen molar-refractivity contribution < 1.29 is 31.9 Å². The van der Waals surface area contributed by atoms with E-state index in [0.717, 1.165) is 49.1 Å². The van der Waals surface area contributed by atoms with Crippen LogP contribution in [0, 0.1) is 17.7 Å². The molecule has 3 aliphatic rings. The predicted octanol–water partition coefficient (Wildman–Crippen LogP) is 7.59. The van der Waals surface area contributed by atoms with E-state index in [-0.39, 0.29) is 58.1 Å². The average Bonchev–Trinajstić information content (AvgIpc) is 3.93. The Morgan fingerprint density at radius 1 is 0.985 bits per heavy atom. The first-order valence-corrected chi connectivity index (χ1v) is 24.8. The Kier molecular flexibility index (Phi) is 13.6. The zero-order valence-corrected chi connectivity index (χ0v) is 38.7. The Labute approximate surface area is 382 Å². The van der Waals surface area contributed by atoms with Crippen molar-refractivity contribution in [1.82, 2.24) is 39.9 Å². The molecule has 16 nitrogen and oxygen atoms in total. The zero-order chi connectivity index (χ0) is 45.9. The average molecular weight is 927 g/mol. The molecule has 0 bridgehead atoms. The molecule has 0 radical (unpaired) electrons. The molecule has 6 heterocycles. The zero-order valence-electron chi connectivity index (χ0n) is 37.0. The summed E-state index contributed by atoms with van der Waals surface area (Å²) in [5.74, 6) is -0.396. The van der Waals surface area contributed by atoms with Gasteiger partial charge in [-0.1, -0.05) is 39.8 Å². The maximum absolute atomic E-state index is 16.1. The Morgan fingerprint density at radius 3 is 2.48 bits per heavy atom. The third-order valence-corrected chi connectivity index (χ3v) is 15.1. The Balaban J connectivity index is 0.833.